The Morgan fingerprint density at radius 3 is 2.89 bits per heavy atom. The first-order valence-electron chi connectivity index (χ1n) is 9.31. The molecule has 4 heteroatoms. The summed E-state index contributed by atoms with van der Waals surface area (Å²) >= 11 is 0. The summed E-state index contributed by atoms with van der Waals surface area (Å²) in [5.74, 6) is 0. The van der Waals surface area contributed by atoms with Gasteiger partial charge in [0.05, 0.1) is 12.4 Å². The second-order valence-corrected chi connectivity index (χ2v) is 7.36. The van der Waals surface area contributed by atoms with Gasteiger partial charge < -0.3 is 10.3 Å². The standard InChI is InChI=1S/C23H18N4/c1-2-4-15-8-18(7-14(15)3-1)16-5-6-17-10-21(27-20(17)9-16)19-11-22-23(24-12-19)26-13-25-22/h1-7,9,11-13,21,27H,8,10H2,(H,24,25,26). The zero-order chi connectivity index (χ0) is 17.8. The van der Waals surface area contributed by atoms with Crippen LogP contribution in [0.1, 0.15) is 33.9 Å². The highest BCUT2D eigenvalue weighted by Crippen LogP contribution is 2.38. The highest BCUT2D eigenvalue weighted by Gasteiger charge is 2.24. The summed E-state index contributed by atoms with van der Waals surface area (Å²) in [6.07, 6.45) is 7.95. The number of hydrogen-bond donors (Lipinski definition) is 2. The number of allylic oxidation sites excluding steroid dienone is 1. The van der Waals surface area contributed by atoms with E-state index in [0.717, 1.165) is 24.0 Å². The van der Waals surface area contributed by atoms with Crippen molar-refractivity contribution in [1.29, 1.82) is 0 Å². The molecule has 1 aliphatic heterocycles. The number of fused-ring (bicyclic) bond motifs is 3. The lowest BCUT2D eigenvalue weighted by atomic mass is 10.00. The van der Waals surface area contributed by atoms with Crippen molar-refractivity contribution >= 4 is 28.5 Å². The Kier molecular flexibility index (Phi) is 3.03. The van der Waals surface area contributed by atoms with Gasteiger partial charge >= 0.3 is 0 Å². The van der Waals surface area contributed by atoms with Crippen LogP contribution in [0.2, 0.25) is 0 Å². The number of hydrogen-bond acceptors (Lipinski definition) is 3. The highest BCUT2D eigenvalue weighted by molar-refractivity contribution is 5.89. The molecule has 0 saturated heterocycles. The van der Waals surface area contributed by atoms with Gasteiger partial charge in [-0.3, -0.25) is 0 Å². The van der Waals surface area contributed by atoms with Crippen molar-refractivity contribution in [3.63, 3.8) is 0 Å². The summed E-state index contributed by atoms with van der Waals surface area (Å²) in [7, 11) is 0. The van der Waals surface area contributed by atoms with E-state index in [9.17, 15) is 0 Å². The van der Waals surface area contributed by atoms with Gasteiger partial charge in [-0.05, 0) is 58.4 Å². The maximum Gasteiger partial charge on any atom is 0.157 e. The normalized spacial score (nSPS) is 17.5. The molecule has 3 heterocycles. The number of aromatic nitrogens is 3. The highest BCUT2D eigenvalue weighted by atomic mass is 15.0. The number of rotatable bonds is 2. The van der Waals surface area contributed by atoms with Gasteiger partial charge in [-0.2, -0.15) is 0 Å². The van der Waals surface area contributed by atoms with Gasteiger partial charge in [0.25, 0.3) is 0 Å². The Hall–Kier alpha value is -3.40. The zero-order valence-corrected chi connectivity index (χ0v) is 14.7. The lowest BCUT2D eigenvalue weighted by Gasteiger charge is -2.11. The summed E-state index contributed by atoms with van der Waals surface area (Å²) in [5.41, 5.74) is 11.0. The lowest BCUT2D eigenvalue weighted by Crippen LogP contribution is -2.06. The van der Waals surface area contributed by atoms with E-state index in [4.69, 9.17) is 0 Å². The zero-order valence-electron chi connectivity index (χ0n) is 14.7. The molecule has 1 atom stereocenters. The van der Waals surface area contributed by atoms with Crippen LogP contribution >= 0.6 is 0 Å². The first-order chi connectivity index (χ1) is 13.3. The SMILES string of the molecule is C1=C(c2ccc3c(c2)NC(c2cnc4[nH]cnc4c2)C3)Cc2ccccc21. The molecular formula is C23H18N4. The van der Waals surface area contributed by atoms with Crippen LogP contribution in [0.5, 0.6) is 0 Å². The molecule has 0 radical (unpaired) electrons. The third kappa shape index (κ3) is 2.37. The van der Waals surface area contributed by atoms with E-state index in [-0.39, 0.29) is 6.04 Å². The number of nitrogens with zero attached hydrogens (tertiary/aromatic N) is 2. The van der Waals surface area contributed by atoms with E-state index in [1.165, 1.54) is 39.1 Å². The van der Waals surface area contributed by atoms with E-state index < -0.39 is 0 Å². The molecule has 0 amide bonds. The number of nitrogens with one attached hydrogen (secondary N) is 2. The van der Waals surface area contributed by atoms with Crippen LogP contribution in [0.15, 0.2) is 61.1 Å². The number of benzene rings is 2. The van der Waals surface area contributed by atoms with Crippen LogP contribution in [0.25, 0.3) is 22.8 Å². The van der Waals surface area contributed by atoms with E-state index in [1.807, 2.05) is 6.20 Å². The van der Waals surface area contributed by atoms with Crippen LogP contribution < -0.4 is 5.32 Å². The van der Waals surface area contributed by atoms with Gasteiger partial charge in [0, 0.05) is 11.9 Å². The molecule has 6 rings (SSSR count). The topological polar surface area (TPSA) is 53.6 Å². The van der Waals surface area contributed by atoms with Gasteiger partial charge in [0.15, 0.2) is 5.65 Å². The maximum absolute atomic E-state index is 4.48. The van der Waals surface area contributed by atoms with Crippen LogP contribution in [-0.4, -0.2) is 15.0 Å². The van der Waals surface area contributed by atoms with Crippen molar-refractivity contribution in [3.8, 4) is 0 Å². The Bertz CT molecular complexity index is 1220. The molecule has 4 nitrogen and oxygen atoms in total. The van der Waals surface area contributed by atoms with Crippen molar-refractivity contribution in [2.45, 2.75) is 18.9 Å². The molecule has 2 N–H and O–H groups in total. The molecule has 130 valence electrons. The number of pyridine rings is 1. The number of aromatic amines is 1. The molecule has 0 spiro atoms. The van der Waals surface area contributed by atoms with Crippen LogP contribution in [0.3, 0.4) is 0 Å². The minimum atomic E-state index is 0.249. The van der Waals surface area contributed by atoms with Crippen molar-refractivity contribution in [2.24, 2.45) is 0 Å². The first kappa shape index (κ1) is 14.7. The molecular weight excluding hydrogens is 332 g/mol. The van der Waals surface area contributed by atoms with Crippen LogP contribution in [0, 0.1) is 0 Å². The second kappa shape index (κ2) is 5.55. The molecule has 2 aliphatic rings. The molecule has 0 bridgehead atoms. The Labute approximate surface area is 157 Å². The summed E-state index contributed by atoms with van der Waals surface area (Å²) < 4.78 is 0. The van der Waals surface area contributed by atoms with Crippen molar-refractivity contribution < 1.29 is 0 Å². The Morgan fingerprint density at radius 2 is 1.93 bits per heavy atom. The largest absolute Gasteiger partial charge is 0.378 e. The molecule has 27 heavy (non-hydrogen) atoms. The number of anilines is 1. The van der Waals surface area contributed by atoms with Gasteiger partial charge in [-0.25, -0.2) is 9.97 Å². The Morgan fingerprint density at radius 1 is 0.963 bits per heavy atom. The van der Waals surface area contributed by atoms with Gasteiger partial charge in [0.1, 0.15) is 5.52 Å². The fourth-order valence-corrected chi connectivity index (χ4v) is 4.25. The predicted octanol–water partition coefficient (Wildman–Crippen LogP) is 4.76. The predicted molar refractivity (Wildman–Crippen MR) is 108 cm³/mol. The molecule has 2 aromatic carbocycles. The third-order valence-corrected chi connectivity index (χ3v) is 5.70. The summed E-state index contributed by atoms with van der Waals surface area (Å²) in [4.78, 5) is 11.9. The minimum absolute atomic E-state index is 0.249. The molecule has 0 saturated carbocycles. The lowest BCUT2D eigenvalue weighted by molar-refractivity contribution is 0.820. The average Bonchev–Trinajstić information content (AvgIpc) is 3.42. The minimum Gasteiger partial charge on any atom is -0.378 e. The summed E-state index contributed by atoms with van der Waals surface area (Å²) in [5, 5.41) is 3.69. The first-order valence-corrected chi connectivity index (χ1v) is 9.31. The monoisotopic (exact) mass is 350 g/mol. The maximum atomic E-state index is 4.48. The smallest absolute Gasteiger partial charge is 0.157 e. The van der Waals surface area contributed by atoms with Crippen molar-refractivity contribution in [1.82, 2.24) is 15.0 Å². The third-order valence-electron chi connectivity index (χ3n) is 5.70. The van der Waals surface area contributed by atoms with Gasteiger partial charge in [-0.1, -0.05) is 42.5 Å². The van der Waals surface area contributed by atoms with Gasteiger partial charge in [-0.15, -0.1) is 0 Å². The van der Waals surface area contributed by atoms with E-state index in [2.05, 4.69) is 74.9 Å². The fourth-order valence-electron chi connectivity index (χ4n) is 4.25. The van der Waals surface area contributed by atoms with E-state index >= 15 is 0 Å². The van der Waals surface area contributed by atoms with E-state index in [0.29, 0.717) is 0 Å². The van der Waals surface area contributed by atoms with Crippen LogP contribution in [-0.2, 0) is 12.8 Å². The molecule has 1 unspecified atom stereocenters. The van der Waals surface area contributed by atoms with E-state index in [1.54, 1.807) is 6.33 Å². The van der Waals surface area contributed by atoms with Crippen molar-refractivity contribution in [2.75, 3.05) is 5.32 Å². The Balaban J connectivity index is 1.30. The van der Waals surface area contributed by atoms with Gasteiger partial charge in [0.2, 0.25) is 0 Å². The molecule has 0 fully saturated rings. The quantitative estimate of drug-likeness (QED) is 0.548. The van der Waals surface area contributed by atoms with Crippen LogP contribution in [0.4, 0.5) is 5.69 Å². The fraction of sp³-hybridized carbons (Fsp3) is 0.130. The molecule has 2 aromatic heterocycles. The number of H-pyrrole nitrogens is 1. The number of imidazole rings is 1. The average molecular weight is 350 g/mol. The molecule has 1 aliphatic carbocycles. The summed E-state index contributed by atoms with van der Waals surface area (Å²) in [6, 6.07) is 17.8. The van der Waals surface area contributed by atoms with Crippen molar-refractivity contribution in [3.05, 3.63) is 88.9 Å². The summed E-state index contributed by atoms with van der Waals surface area (Å²) in [6.45, 7) is 0. The molecule has 4 aromatic rings. The second-order valence-electron chi connectivity index (χ2n) is 7.36.